The molecule has 2 aromatic rings. The molecular weight excluding hydrogens is 298 g/mol. The Bertz CT molecular complexity index is 678. The third kappa shape index (κ3) is 2.81. The highest BCUT2D eigenvalue weighted by molar-refractivity contribution is 6.31. The molecule has 0 atom stereocenters. The van der Waals surface area contributed by atoms with Crippen LogP contribution in [0.2, 0.25) is 5.02 Å². The minimum atomic E-state index is -0.440. The maximum Gasteiger partial charge on any atom is 0.230 e. The third-order valence-electron chi connectivity index (χ3n) is 4.19. The predicted molar refractivity (Wildman–Crippen MR) is 87.2 cm³/mol. The molecular formula is C18H18ClNO2. The zero-order chi connectivity index (χ0) is 15.6. The van der Waals surface area contributed by atoms with E-state index in [-0.39, 0.29) is 5.91 Å². The molecule has 0 saturated heterocycles. The second-order valence-corrected chi connectivity index (χ2v) is 6.00. The SMILES string of the molecule is COc1ccc(CNC(=O)C2(c3ccccc3Cl)CC2)cc1. The summed E-state index contributed by atoms with van der Waals surface area (Å²) >= 11 is 6.25. The summed E-state index contributed by atoms with van der Waals surface area (Å²) in [5, 5.41) is 3.69. The van der Waals surface area contributed by atoms with Crippen LogP contribution in [0.25, 0.3) is 0 Å². The highest BCUT2D eigenvalue weighted by atomic mass is 35.5. The number of methoxy groups -OCH3 is 1. The summed E-state index contributed by atoms with van der Waals surface area (Å²) in [4.78, 5) is 12.6. The van der Waals surface area contributed by atoms with Crippen LogP contribution in [0, 0.1) is 0 Å². The van der Waals surface area contributed by atoms with Gasteiger partial charge >= 0.3 is 0 Å². The van der Waals surface area contributed by atoms with Gasteiger partial charge in [0.2, 0.25) is 5.91 Å². The van der Waals surface area contributed by atoms with Crippen molar-refractivity contribution in [2.24, 2.45) is 0 Å². The van der Waals surface area contributed by atoms with Gasteiger partial charge in [-0.25, -0.2) is 0 Å². The van der Waals surface area contributed by atoms with Gasteiger partial charge in [-0.1, -0.05) is 41.9 Å². The van der Waals surface area contributed by atoms with Crippen molar-refractivity contribution in [3.8, 4) is 5.75 Å². The van der Waals surface area contributed by atoms with E-state index < -0.39 is 5.41 Å². The Hall–Kier alpha value is -2.00. The van der Waals surface area contributed by atoms with Crippen molar-refractivity contribution in [3.05, 3.63) is 64.7 Å². The Balaban J connectivity index is 1.68. The molecule has 2 aromatic carbocycles. The van der Waals surface area contributed by atoms with Gasteiger partial charge in [0, 0.05) is 11.6 Å². The number of amides is 1. The van der Waals surface area contributed by atoms with E-state index in [0.717, 1.165) is 29.7 Å². The van der Waals surface area contributed by atoms with Crippen molar-refractivity contribution >= 4 is 17.5 Å². The van der Waals surface area contributed by atoms with Crippen LogP contribution in [0.5, 0.6) is 5.75 Å². The van der Waals surface area contributed by atoms with Crippen LogP contribution >= 0.6 is 11.6 Å². The largest absolute Gasteiger partial charge is 0.497 e. The Morgan fingerprint density at radius 1 is 1.18 bits per heavy atom. The number of hydrogen-bond donors (Lipinski definition) is 1. The molecule has 3 nitrogen and oxygen atoms in total. The minimum absolute atomic E-state index is 0.0522. The zero-order valence-electron chi connectivity index (χ0n) is 12.4. The lowest BCUT2D eigenvalue weighted by molar-refractivity contribution is -0.123. The summed E-state index contributed by atoms with van der Waals surface area (Å²) in [6, 6.07) is 15.3. The fraction of sp³-hybridized carbons (Fsp3) is 0.278. The van der Waals surface area contributed by atoms with Crippen LogP contribution in [0.4, 0.5) is 0 Å². The van der Waals surface area contributed by atoms with Crippen LogP contribution < -0.4 is 10.1 Å². The quantitative estimate of drug-likeness (QED) is 0.913. The second-order valence-electron chi connectivity index (χ2n) is 5.59. The van der Waals surface area contributed by atoms with Gasteiger partial charge in [0.1, 0.15) is 5.75 Å². The smallest absolute Gasteiger partial charge is 0.230 e. The molecule has 0 aliphatic heterocycles. The van der Waals surface area contributed by atoms with E-state index in [2.05, 4.69) is 5.32 Å². The van der Waals surface area contributed by atoms with Gasteiger partial charge < -0.3 is 10.1 Å². The molecule has 1 aliphatic carbocycles. The van der Waals surface area contributed by atoms with Crippen LogP contribution in [0.3, 0.4) is 0 Å². The Morgan fingerprint density at radius 3 is 2.45 bits per heavy atom. The predicted octanol–water partition coefficient (Wildman–Crippen LogP) is 3.70. The lowest BCUT2D eigenvalue weighted by atomic mass is 9.95. The lowest BCUT2D eigenvalue weighted by Gasteiger charge is -2.17. The van der Waals surface area contributed by atoms with Gasteiger partial charge in [0.05, 0.1) is 12.5 Å². The molecule has 0 radical (unpaired) electrons. The van der Waals surface area contributed by atoms with Crippen molar-refractivity contribution in [1.29, 1.82) is 0 Å². The van der Waals surface area contributed by atoms with Crippen LogP contribution in [0.15, 0.2) is 48.5 Å². The summed E-state index contributed by atoms with van der Waals surface area (Å²) in [6.45, 7) is 0.509. The average molecular weight is 316 g/mol. The molecule has 0 spiro atoms. The minimum Gasteiger partial charge on any atom is -0.497 e. The van der Waals surface area contributed by atoms with Gasteiger partial charge in [-0.15, -0.1) is 0 Å². The number of carbonyl (C=O) groups excluding carboxylic acids is 1. The summed E-state index contributed by atoms with van der Waals surface area (Å²) < 4.78 is 5.13. The van der Waals surface area contributed by atoms with Gasteiger partial charge in [-0.05, 0) is 42.2 Å². The van der Waals surface area contributed by atoms with E-state index in [1.54, 1.807) is 7.11 Å². The second kappa shape index (κ2) is 6.01. The Morgan fingerprint density at radius 2 is 1.86 bits per heavy atom. The number of benzene rings is 2. The molecule has 0 bridgehead atoms. The van der Waals surface area contributed by atoms with Gasteiger partial charge in [0.15, 0.2) is 0 Å². The van der Waals surface area contributed by atoms with Crippen LogP contribution in [0.1, 0.15) is 24.0 Å². The summed E-state index contributed by atoms with van der Waals surface area (Å²) in [5.74, 6) is 0.862. The summed E-state index contributed by atoms with van der Waals surface area (Å²) in [5.41, 5.74) is 1.54. The first-order valence-corrected chi connectivity index (χ1v) is 7.70. The highest BCUT2D eigenvalue weighted by Gasteiger charge is 2.52. The number of carbonyl (C=O) groups is 1. The molecule has 114 valence electrons. The molecule has 3 rings (SSSR count). The molecule has 0 aromatic heterocycles. The number of halogens is 1. The first kappa shape index (κ1) is 14.9. The highest BCUT2D eigenvalue weighted by Crippen LogP contribution is 2.50. The van der Waals surface area contributed by atoms with E-state index >= 15 is 0 Å². The molecule has 1 amide bonds. The monoisotopic (exact) mass is 315 g/mol. The standard InChI is InChI=1S/C18H18ClNO2/c1-22-14-8-6-13(7-9-14)12-20-17(21)18(10-11-18)15-4-2-3-5-16(15)19/h2-9H,10-12H2,1H3,(H,20,21). The van der Waals surface area contributed by atoms with E-state index in [0.29, 0.717) is 11.6 Å². The summed E-state index contributed by atoms with van der Waals surface area (Å²) in [7, 11) is 1.64. The van der Waals surface area contributed by atoms with Crippen molar-refractivity contribution in [1.82, 2.24) is 5.32 Å². The molecule has 1 saturated carbocycles. The van der Waals surface area contributed by atoms with Crippen molar-refractivity contribution in [3.63, 3.8) is 0 Å². The fourth-order valence-corrected chi connectivity index (χ4v) is 3.00. The molecule has 0 unspecified atom stereocenters. The Kier molecular flexibility index (Phi) is 4.08. The molecule has 22 heavy (non-hydrogen) atoms. The fourth-order valence-electron chi connectivity index (χ4n) is 2.69. The zero-order valence-corrected chi connectivity index (χ0v) is 13.2. The van der Waals surface area contributed by atoms with Gasteiger partial charge in [-0.2, -0.15) is 0 Å². The topological polar surface area (TPSA) is 38.3 Å². The molecule has 1 aliphatic rings. The number of rotatable bonds is 5. The van der Waals surface area contributed by atoms with Gasteiger partial charge in [-0.3, -0.25) is 4.79 Å². The molecule has 4 heteroatoms. The molecule has 1 N–H and O–H groups in total. The van der Waals surface area contributed by atoms with Crippen molar-refractivity contribution < 1.29 is 9.53 Å². The Labute approximate surface area is 135 Å². The summed E-state index contributed by atoms with van der Waals surface area (Å²) in [6.07, 6.45) is 1.70. The normalized spacial score (nSPS) is 15.2. The number of ether oxygens (including phenoxy) is 1. The average Bonchev–Trinajstić information content (AvgIpc) is 3.35. The molecule has 1 fully saturated rings. The van der Waals surface area contributed by atoms with Gasteiger partial charge in [0.25, 0.3) is 0 Å². The van der Waals surface area contributed by atoms with E-state index in [4.69, 9.17) is 16.3 Å². The maximum absolute atomic E-state index is 12.6. The first-order valence-electron chi connectivity index (χ1n) is 7.32. The van der Waals surface area contributed by atoms with Crippen molar-refractivity contribution in [2.75, 3.05) is 7.11 Å². The molecule has 0 heterocycles. The van der Waals surface area contributed by atoms with E-state index in [1.165, 1.54) is 0 Å². The lowest BCUT2D eigenvalue weighted by Crippen LogP contribution is -2.34. The maximum atomic E-state index is 12.6. The number of hydrogen-bond acceptors (Lipinski definition) is 2. The van der Waals surface area contributed by atoms with Crippen LogP contribution in [-0.2, 0) is 16.8 Å². The van der Waals surface area contributed by atoms with E-state index in [1.807, 2.05) is 48.5 Å². The van der Waals surface area contributed by atoms with Crippen molar-refractivity contribution in [2.45, 2.75) is 24.8 Å². The van der Waals surface area contributed by atoms with Crippen LogP contribution in [-0.4, -0.2) is 13.0 Å². The number of nitrogens with one attached hydrogen (secondary N) is 1. The first-order chi connectivity index (χ1) is 10.7. The van der Waals surface area contributed by atoms with E-state index in [9.17, 15) is 4.79 Å². The third-order valence-corrected chi connectivity index (χ3v) is 4.52.